The molecule has 23 heavy (non-hydrogen) atoms. The number of halogens is 3. The van der Waals surface area contributed by atoms with Crippen LogP contribution in [0.25, 0.3) is 0 Å². The molecule has 0 spiro atoms. The number of benzene rings is 1. The van der Waals surface area contributed by atoms with Crippen LogP contribution in [0.15, 0.2) is 24.8 Å². The highest BCUT2D eigenvalue weighted by atomic mass is 35.5. The maximum absolute atomic E-state index is 12.3. The van der Waals surface area contributed by atoms with Crippen molar-refractivity contribution in [2.45, 2.75) is 12.8 Å². The Bertz CT molecular complexity index is 626. The number of hydrogen-bond acceptors (Lipinski definition) is 2. The first kappa shape index (κ1) is 18.1. The van der Waals surface area contributed by atoms with Crippen molar-refractivity contribution in [2.24, 2.45) is 0 Å². The number of amides is 2. The summed E-state index contributed by atoms with van der Waals surface area (Å²) >= 11 is 18.0. The first-order chi connectivity index (χ1) is 10.9. The van der Waals surface area contributed by atoms with Crippen molar-refractivity contribution < 1.29 is 9.59 Å². The summed E-state index contributed by atoms with van der Waals surface area (Å²) in [6, 6.07) is 3.28. The average Bonchev–Trinajstić information content (AvgIpc) is 2.56. The molecular formula is C16H17Cl3N2O2. The Balaban J connectivity index is 1.88. The molecule has 0 aromatic heterocycles. The van der Waals surface area contributed by atoms with E-state index in [2.05, 4.69) is 6.58 Å². The quantitative estimate of drug-likeness (QED) is 0.597. The van der Waals surface area contributed by atoms with Crippen LogP contribution in [0.2, 0.25) is 15.1 Å². The minimum Gasteiger partial charge on any atom is -0.339 e. The monoisotopic (exact) mass is 374 g/mol. The van der Waals surface area contributed by atoms with E-state index in [0.29, 0.717) is 54.1 Å². The molecule has 1 saturated heterocycles. The molecule has 1 aliphatic heterocycles. The van der Waals surface area contributed by atoms with Crippen LogP contribution in [-0.2, 0) is 16.0 Å². The van der Waals surface area contributed by atoms with Gasteiger partial charge in [0.2, 0.25) is 11.8 Å². The molecule has 1 aromatic rings. The first-order valence-electron chi connectivity index (χ1n) is 7.25. The third kappa shape index (κ3) is 4.63. The maximum Gasteiger partial charge on any atom is 0.246 e. The Morgan fingerprint density at radius 3 is 2.17 bits per heavy atom. The van der Waals surface area contributed by atoms with Gasteiger partial charge < -0.3 is 9.80 Å². The lowest BCUT2D eigenvalue weighted by Crippen LogP contribution is -2.50. The molecule has 1 aromatic carbocycles. The van der Waals surface area contributed by atoms with Gasteiger partial charge in [0.25, 0.3) is 0 Å². The average molecular weight is 376 g/mol. The summed E-state index contributed by atoms with van der Waals surface area (Å²) in [7, 11) is 0. The molecule has 0 unspecified atom stereocenters. The highest BCUT2D eigenvalue weighted by molar-refractivity contribution is 6.43. The van der Waals surface area contributed by atoms with E-state index in [-0.39, 0.29) is 11.8 Å². The van der Waals surface area contributed by atoms with Gasteiger partial charge in [0.05, 0.1) is 10.0 Å². The number of carbonyl (C=O) groups is 2. The summed E-state index contributed by atoms with van der Waals surface area (Å²) < 4.78 is 0. The standard InChI is InChI=1S/C16H17Cl3N2O2/c1-2-15(22)20-5-7-21(8-6-20)16(23)4-3-11-9-13(18)14(19)10-12(11)17/h2,9-10H,1,3-8H2. The summed E-state index contributed by atoms with van der Waals surface area (Å²) in [6.07, 6.45) is 2.14. The lowest BCUT2D eigenvalue weighted by Gasteiger charge is -2.34. The third-order valence-corrected chi connectivity index (χ3v) is 4.89. The minimum atomic E-state index is -0.0975. The van der Waals surface area contributed by atoms with Gasteiger partial charge in [-0.05, 0) is 30.2 Å². The van der Waals surface area contributed by atoms with Gasteiger partial charge in [-0.15, -0.1) is 0 Å². The van der Waals surface area contributed by atoms with E-state index in [9.17, 15) is 9.59 Å². The van der Waals surface area contributed by atoms with E-state index in [0.717, 1.165) is 5.56 Å². The second-order valence-electron chi connectivity index (χ2n) is 5.27. The second kappa shape index (κ2) is 8.04. The number of rotatable bonds is 4. The third-order valence-electron chi connectivity index (χ3n) is 3.82. The largest absolute Gasteiger partial charge is 0.339 e. The van der Waals surface area contributed by atoms with Crippen molar-refractivity contribution in [3.8, 4) is 0 Å². The molecule has 0 saturated carbocycles. The summed E-state index contributed by atoms with van der Waals surface area (Å²) in [5.41, 5.74) is 0.801. The van der Waals surface area contributed by atoms with Gasteiger partial charge in [-0.2, -0.15) is 0 Å². The predicted molar refractivity (Wildman–Crippen MR) is 93.2 cm³/mol. The summed E-state index contributed by atoms with van der Waals surface area (Å²) in [5, 5.41) is 1.33. The molecular weight excluding hydrogens is 359 g/mol. The SMILES string of the molecule is C=CC(=O)N1CCN(C(=O)CCc2cc(Cl)c(Cl)cc2Cl)CC1. The topological polar surface area (TPSA) is 40.6 Å². The van der Waals surface area contributed by atoms with E-state index in [1.165, 1.54) is 6.08 Å². The fourth-order valence-corrected chi connectivity index (χ4v) is 3.12. The van der Waals surface area contributed by atoms with Gasteiger partial charge >= 0.3 is 0 Å². The van der Waals surface area contributed by atoms with E-state index in [1.807, 2.05) is 0 Å². The molecule has 1 heterocycles. The normalized spacial score (nSPS) is 14.7. The van der Waals surface area contributed by atoms with Gasteiger partial charge in [0.1, 0.15) is 0 Å². The molecule has 0 atom stereocenters. The first-order valence-corrected chi connectivity index (χ1v) is 8.38. The van der Waals surface area contributed by atoms with E-state index in [1.54, 1.807) is 21.9 Å². The highest BCUT2D eigenvalue weighted by Gasteiger charge is 2.22. The van der Waals surface area contributed by atoms with Crippen molar-refractivity contribution in [3.63, 3.8) is 0 Å². The summed E-state index contributed by atoms with van der Waals surface area (Å²) in [5.74, 6) is -0.0578. The zero-order valence-corrected chi connectivity index (χ0v) is 14.8. The molecule has 7 heteroatoms. The molecule has 124 valence electrons. The van der Waals surface area contributed by atoms with Crippen LogP contribution >= 0.6 is 34.8 Å². The minimum absolute atomic E-state index is 0.0397. The van der Waals surface area contributed by atoms with Crippen molar-refractivity contribution >= 4 is 46.6 Å². The van der Waals surface area contributed by atoms with Gasteiger partial charge in [-0.3, -0.25) is 9.59 Å². The number of piperazine rings is 1. The van der Waals surface area contributed by atoms with Crippen LogP contribution in [-0.4, -0.2) is 47.8 Å². The molecule has 0 radical (unpaired) electrons. The Labute approximate surface area is 150 Å². The van der Waals surface area contributed by atoms with Gasteiger partial charge in [-0.1, -0.05) is 41.4 Å². The number of aryl methyl sites for hydroxylation is 1. The Morgan fingerprint density at radius 1 is 1.00 bits per heavy atom. The molecule has 0 aliphatic carbocycles. The zero-order valence-electron chi connectivity index (χ0n) is 12.5. The van der Waals surface area contributed by atoms with Crippen LogP contribution in [0.1, 0.15) is 12.0 Å². The number of carbonyl (C=O) groups excluding carboxylic acids is 2. The summed E-state index contributed by atoms with van der Waals surface area (Å²) in [6.45, 7) is 5.60. The maximum atomic E-state index is 12.3. The highest BCUT2D eigenvalue weighted by Crippen LogP contribution is 2.29. The fourth-order valence-electron chi connectivity index (χ4n) is 2.46. The van der Waals surface area contributed by atoms with Gasteiger partial charge in [0.15, 0.2) is 0 Å². The predicted octanol–water partition coefficient (Wildman–Crippen LogP) is 3.44. The summed E-state index contributed by atoms with van der Waals surface area (Å²) in [4.78, 5) is 27.2. The van der Waals surface area contributed by atoms with E-state index >= 15 is 0 Å². The van der Waals surface area contributed by atoms with Crippen molar-refractivity contribution in [2.75, 3.05) is 26.2 Å². The lowest BCUT2D eigenvalue weighted by atomic mass is 10.1. The van der Waals surface area contributed by atoms with Crippen LogP contribution in [0.3, 0.4) is 0 Å². The molecule has 2 rings (SSSR count). The smallest absolute Gasteiger partial charge is 0.246 e. The molecule has 4 nitrogen and oxygen atoms in total. The van der Waals surface area contributed by atoms with Crippen LogP contribution in [0, 0.1) is 0 Å². The Hall–Kier alpha value is -1.23. The van der Waals surface area contributed by atoms with Gasteiger partial charge in [0, 0.05) is 37.6 Å². The molecule has 1 aliphatic rings. The zero-order chi connectivity index (χ0) is 17.0. The van der Waals surface area contributed by atoms with Crippen molar-refractivity contribution in [1.29, 1.82) is 0 Å². The number of nitrogens with zero attached hydrogens (tertiary/aromatic N) is 2. The molecule has 2 amide bonds. The molecule has 0 N–H and O–H groups in total. The van der Waals surface area contributed by atoms with Crippen LogP contribution < -0.4 is 0 Å². The number of hydrogen-bond donors (Lipinski definition) is 0. The van der Waals surface area contributed by atoms with Crippen LogP contribution in [0.4, 0.5) is 0 Å². The Kier molecular flexibility index (Phi) is 6.33. The van der Waals surface area contributed by atoms with E-state index in [4.69, 9.17) is 34.8 Å². The molecule has 1 fully saturated rings. The second-order valence-corrected chi connectivity index (χ2v) is 6.49. The Morgan fingerprint density at radius 2 is 1.57 bits per heavy atom. The van der Waals surface area contributed by atoms with Gasteiger partial charge in [-0.25, -0.2) is 0 Å². The molecule has 0 bridgehead atoms. The van der Waals surface area contributed by atoms with Crippen molar-refractivity contribution in [3.05, 3.63) is 45.4 Å². The van der Waals surface area contributed by atoms with Crippen molar-refractivity contribution in [1.82, 2.24) is 9.80 Å². The van der Waals surface area contributed by atoms with E-state index < -0.39 is 0 Å². The fraction of sp³-hybridized carbons (Fsp3) is 0.375. The lowest BCUT2D eigenvalue weighted by molar-refractivity contribution is -0.137. The van der Waals surface area contributed by atoms with Crippen LogP contribution in [0.5, 0.6) is 0 Å².